The molecule has 6 heteroatoms. The molecule has 0 N–H and O–H groups in total. The topological polar surface area (TPSA) is 53.3 Å². The van der Waals surface area contributed by atoms with Gasteiger partial charge in [0, 0.05) is 18.6 Å². The predicted octanol–water partition coefficient (Wildman–Crippen LogP) is 3.90. The van der Waals surface area contributed by atoms with Crippen LogP contribution < -0.4 is 4.74 Å². The monoisotopic (exact) mass is 348 g/mol. The standard InChI is InChI=1S/C17H14Cl2N2O2/c1-21(10-12-2-5-14(18)6-3-12)17(22)11-23-16-7-4-13(9-20)8-15(16)19/h2-8H,10-11H2,1H3. The van der Waals surface area contributed by atoms with Crippen LogP contribution in [0.1, 0.15) is 11.1 Å². The lowest BCUT2D eigenvalue weighted by Crippen LogP contribution is -2.30. The summed E-state index contributed by atoms with van der Waals surface area (Å²) in [7, 11) is 1.70. The van der Waals surface area contributed by atoms with Crippen LogP contribution in [0.15, 0.2) is 42.5 Å². The number of benzene rings is 2. The van der Waals surface area contributed by atoms with E-state index >= 15 is 0 Å². The fraction of sp³-hybridized carbons (Fsp3) is 0.176. The van der Waals surface area contributed by atoms with Crippen LogP contribution >= 0.6 is 23.2 Å². The van der Waals surface area contributed by atoms with Crippen LogP contribution in [0.2, 0.25) is 10.0 Å². The van der Waals surface area contributed by atoms with Crippen LogP contribution in [-0.2, 0) is 11.3 Å². The average Bonchev–Trinajstić information content (AvgIpc) is 2.55. The largest absolute Gasteiger partial charge is 0.482 e. The first-order chi connectivity index (χ1) is 11.0. The van der Waals surface area contributed by atoms with Crippen molar-refractivity contribution in [3.05, 3.63) is 63.6 Å². The minimum Gasteiger partial charge on any atom is -0.482 e. The third kappa shape index (κ3) is 4.88. The Hall–Kier alpha value is -2.22. The molecular formula is C17H14Cl2N2O2. The van der Waals surface area contributed by atoms with Gasteiger partial charge in [-0.1, -0.05) is 35.3 Å². The van der Waals surface area contributed by atoms with Crippen LogP contribution in [0.5, 0.6) is 5.75 Å². The number of halogens is 2. The summed E-state index contributed by atoms with van der Waals surface area (Å²) in [5.41, 5.74) is 1.41. The van der Waals surface area contributed by atoms with Gasteiger partial charge in [-0.25, -0.2) is 0 Å². The van der Waals surface area contributed by atoms with Gasteiger partial charge >= 0.3 is 0 Å². The number of likely N-dealkylation sites (N-methyl/N-ethyl adjacent to an activating group) is 1. The van der Waals surface area contributed by atoms with Crippen LogP contribution in [0.4, 0.5) is 0 Å². The molecule has 2 rings (SSSR count). The SMILES string of the molecule is CN(Cc1ccc(Cl)cc1)C(=O)COc1ccc(C#N)cc1Cl. The van der Waals surface area contributed by atoms with Crippen LogP contribution in [-0.4, -0.2) is 24.5 Å². The first kappa shape index (κ1) is 17.1. The molecule has 0 spiro atoms. The highest BCUT2D eigenvalue weighted by molar-refractivity contribution is 6.32. The second-order valence-electron chi connectivity index (χ2n) is 4.92. The zero-order valence-corrected chi connectivity index (χ0v) is 13.9. The van der Waals surface area contributed by atoms with Crippen molar-refractivity contribution in [1.82, 2.24) is 4.90 Å². The maximum atomic E-state index is 12.1. The van der Waals surface area contributed by atoms with Gasteiger partial charge in [0.2, 0.25) is 0 Å². The second kappa shape index (κ2) is 7.87. The summed E-state index contributed by atoms with van der Waals surface area (Å²) >= 11 is 11.8. The third-order valence-electron chi connectivity index (χ3n) is 3.17. The van der Waals surface area contributed by atoms with E-state index in [0.717, 1.165) is 5.56 Å². The maximum absolute atomic E-state index is 12.1. The Kier molecular flexibility index (Phi) is 5.86. The van der Waals surface area contributed by atoms with Gasteiger partial charge in [0.1, 0.15) is 5.75 Å². The van der Waals surface area contributed by atoms with E-state index in [4.69, 9.17) is 33.2 Å². The van der Waals surface area contributed by atoms with Crippen LogP contribution in [0.3, 0.4) is 0 Å². The molecule has 1 amide bonds. The number of carbonyl (C=O) groups excluding carboxylic acids is 1. The van der Waals surface area contributed by atoms with Crippen molar-refractivity contribution in [2.75, 3.05) is 13.7 Å². The van der Waals surface area contributed by atoms with E-state index in [-0.39, 0.29) is 12.5 Å². The molecule has 0 saturated carbocycles. The highest BCUT2D eigenvalue weighted by atomic mass is 35.5. The van der Waals surface area contributed by atoms with Gasteiger partial charge in [0.05, 0.1) is 16.7 Å². The lowest BCUT2D eigenvalue weighted by molar-refractivity contribution is -0.132. The molecule has 0 unspecified atom stereocenters. The molecule has 0 heterocycles. The Balaban J connectivity index is 1.91. The van der Waals surface area contributed by atoms with Crippen molar-refractivity contribution in [3.8, 4) is 11.8 Å². The molecule has 0 bridgehead atoms. The van der Waals surface area contributed by atoms with E-state index in [9.17, 15) is 4.79 Å². The number of amides is 1. The quantitative estimate of drug-likeness (QED) is 0.823. The molecule has 0 aliphatic carbocycles. The highest BCUT2D eigenvalue weighted by Crippen LogP contribution is 2.25. The Bertz CT molecular complexity index is 739. The van der Waals surface area contributed by atoms with E-state index in [0.29, 0.717) is 27.9 Å². The van der Waals surface area contributed by atoms with E-state index in [2.05, 4.69) is 0 Å². The third-order valence-corrected chi connectivity index (χ3v) is 3.72. The number of hydrogen-bond donors (Lipinski definition) is 0. The number of nitriles is 1. The molecule has 2 aromatic rings. The summed E-state index contributed by atoms with van der Waals surface area (Å²) in [6, 6.07) is 13.9. The van der Waals surface area contributed by atoms with E-state index in [1.165, 1.54) is 6.07 Å². The molecule has 0 saturated heterocycles. The zero-order chi connectivity index (χ0) is 16.8. The van der Waals surface area contributed by atoms with Gasteiger partial charge in [0.15, 0.2) is 6.61 Å². The first-order valence-corrected chi connectivity index (χ1v) is 7.56. The summed E-state index contributed by atoms with van der Waals surface area (Å²) in [6.45, 7) is 0.330. The number of carbonyl (C=O) groups is 1. The van der Waals surface area contributed by atoms with Crippen LogP contribution in [0.25, 0.3) is 0 Å². The summed E-state index contributed by atoms with van der Waals surface area (Å²) in [5, 5.41) is 9.74. The van der Waals surface area contributed by atoms with Crippen molar-refractivity contribution in [3.63, 3.8) is 0 Å². The van der Waals surface area contributed by atoms with Crippen molar-refractivity contribution < 1.29 is 9.53 Å². The molecule has 0 aliphatic heterocycles. The minimum absolute atomic E-state index is 0.129. The van der Waals surface area contributed by atoms with Crippen molar-refractivity contribution in [2.24, 2.45) is 0 Å². The van der Waals surface area contributed by atoms with Gasteiger partial charge < -0.3 is 9.64 Å². The normalized spacial score (nSPS) is 10.0. The smallest absolute Gasteiger partial charge is 0.260 e. The summed E-state index contributed by atoms with van der Waals surface area (Å²) in [4.78, 5) is 13.7. The van der Waals surface area contributed by atoms with Crippen molar-refractivity contribution in [1.29, 1.82) is 5.26 Å². The Labute approximate surface area is 144 Å². The fourth-order valence-electron chi connectivity index (χ4n) is 1.89. The molecule has 4 nitrogen and oxygen atoms in total. The van der Waals surface area contributed by atoms with E-state index in [1.54, 1.807) is 36.2 Å². The summed E-state index contributed by atoms with van der Waals surface area (Å²) < 4.78 is 5.42. The van der Waals surface area contributed by atoms with E-state index in [1.807, 2.05) is 18.2 Å². The van der Waals surface area contributed by atoms with Crippen molar-refractivity contribution >= 4 is 29.1 Å². The fourth-order valence-corrected chi connectivity index (χ4v) is 2.25. The molecular weight excluding hydrogens is 335 g/mol. The van der Waals surface area contributed by atoms with Gasteiger partial charge in [-0.05, 0) is 35.9 Å². The molecule has 23 heavy (non-hydrogen) atoms. The Morgan fingerprint density at radius 2 is 1.91 bits per heavy atom. The highest BCUT2D eigenvalue weighted by Gasteiger charge is 2.12. The Morgan fingerprint density at radius 3 is 2.52 bits per heavy atom. The van der Waals surface area contributed by atoms with Gasteiger partial charge in [-0.2, -0.15) is 5.26 Å². The first-order valence-electron chi connectivity index (χ1n) is 6.80. The van der Waals surface area contributed by atoms with Crippen LogP contribution in [0, 0.1) is 11.3 Å². The molecule has 0 radical (unpaired) electrons. The number of hydrogen-bond acceptors (Lipinski definition) is 3. The number of ether oxygens (including phenoxy) is 1. The number of nitrogens with zero attached hydrogens (tertiary/aromatic N) is 2. The molecule has 2 aromatic carbocycles. The minimum atomic E-state index is -0.180. The zero-order valence-electron chi connectivity index (χ0n) is 12.4. The molecule has 118 valence electrons. The predicted molar refractivity (Wildman–Crippen MR) is 89.6 cm³/mol. The second-order valence-corrected chi connectivity index (χ2v) is 5.77. The van der Waals surface area contributed by atoms with E-state index < -0.39 is 0 Å². The van der Waals surface area contributed by atoms with Crippen molar-refractivity contribution in [2.45, 2.75) is 6.54 Å². The molecule has 0 fully saturated rings. The molecule has 0 atom stereocenters. The maximum Gasteiger partial charge on any atom is 0.260 e. The summed E-state index contributed by atoms with van der Waals surface area (Å²) in [5.74, 6) is 0.194. The molecule has 0 aliphatic rings. The van der Waals surface area contributed by atoms with Gasteiger partial charge in [-0.3, -0.25) is 4.79 Å². The number of rotatable bonds is 5. The van der Waals surface area contributed by atoms with Gasteiger partial charge in [0.25, 0.3) is 5.91 Å². The summed E-state index contributed by atoms with van der Waals surface area (Å²) in [6.07, 6.45) is 0. The van der Waals surface area contributed by atoms with Gasteiger partial charge in [-0.15, -0.1) is 0 Å². The average molecular weight is 349 g/mol. The lowest BCUT2D eigenvalue weighted by Gasteiger charge is -2.18. The lowest BCUT2D eigenvalue weighted by atomic mass is 10.2. The molecule has 0 aromatic heterocycles. The Morgan fingerprint density at radius 1 is 1.22 bits per heavy atom.